The van der Waals surface area contributed by atoms with Crippen molar-refractivity contribution in [2.75, 3.05) is 27.0 Å². The molecule has 4 rings (SSSR count). The standard InChI is InChI=1S/C21H18N2O6S/c1-27-15-7-8-18-16(12-15)19(24)22(13-28-18)9-10-29-23-17(20(25)30-21(23)26)11-14-5-3-2-4-6-14/h2-8,11-12H,9-10,13H2,1H3. The summed E-state index contributed by atoms with van der Waals surface area (Å²) in [6, 6.07) is 14.2. The van der Waals surface area contributed by atoms with Crippen molar-refractivity contribution in [3.05, 3.63) is 65.4 Å². The third kappa shape index (κ3) is 4.03. The summed E-state index contributed by atoms with van der Waals surface area (Å²) in [5.41, 5.74) is 1.32. The van der Waals surface area contributed by atoms with Gasteiger partial charge in [0.15, 0.2) is 6.73 Å². The van der Waals surface area contributed by atoms with Crippen LogP contribution in [0.5, 0.6) is 11.5 Å². The van der Waals surface area contributed by atoms with Crippen molar-refractivity contribution < 1.29 is 28.7 Å². The van der Waals surface area contributed by atoms with E-state index in [2.05, 4.69) is 0 Å². The fourth-order valence-electron chi connectivity index (χ4n) is 3.02. The summed E-state index contributed by atoms with van der Waals surface area (Å²) in [6.07, 6.45) is 1.60. The molecule has 0 aliphatic carbocycles. The number of methoxy groups -OCH3 is 1. The van der Waals surface area contributed by atoms with Crippen LogP contribution >= 0.6 is 11.8 Å². The number of amides is 2. The first kappa shape index (κ1) is 20.0. The number of hydroxylamine groups is 2. The highest BCUT2D eigenvalue weighted by Crippen LogP contribution is 2.31. The van der Waals surface area contributed by atoms with Crippen molar-refractivity contribution >= 4 is 34.1 Å². The van der Waals surface area contributed by atoms with E-state index >= 15 is 0 Å². The molecule has 1 fully saturated rings. The van der Waals surface area contributed by atoms with E-state index in [1.807, 2.05) is 30.3 Å². The number of hydrogen-bond acceptors (Lipinski definition) is 7. The topological polar surface area (TPSA) is 85.4 Å². The molecule has 0 radical (unpaired) electrons. The highest BCUT2D eigenvalue weighted by Gasteiger charge is 2.36. The Hall–Kier alpha value is -3.30. The molecule has 2 heterocycles. The zero-order chi connectivity index (χ0) is 21.1. The van der Waals surface area contributed by atoms with Gasteiger partial charge in [-0.25, -0.2) is 0 Å². The number of fused-ring (bicyclic) bond motifs is 1. The van der Waals surface area contributed by atoms with E-state index in [1.165, 1.54) is 12.0 Å². The first-order valence-electron chi connectivity index (χ1n) is 9.13. The van der Waals surface area contributed by atoms with Gasteiger partial charge in [-0.2, -0.15) is 5.06 Å². The molecule has 2 aliphatic heterocycles. The summed E-state index contributed by atoms with van der Waals surface area (Å²) >= 11 is 0.573. The molecule has 0 bridgehead atoms. The minimum absolute atomic E-state index is 0.0140. The summed E-state index contributed by atoms with van der Waals surface area (Å²) in [5, 5.41) is 0.0763. The number of ether oxygens (including phenoxy) is 2. The van der Waals surface area contributed by atoms with Gasteiger partial charge in [0.2, 0.25) is 5.12 Å². The average molecular weight is 426 g/mol. The van der Waals surface area contributed by atoms with Gasteiger partial charge in [-0.3, -0.25) is 19.2 Å². The van der Waals surface area contributed by atoms with Crippen LogP contribution in [0.15, 0.2) is 54.2 Å². The van der Waals surface area contributed by atoms with Crippen molar-refractivity contribution in [1.82, 2.24) is 9.96 Å². The SMILES string of the molecule is COc1ccc2c(c1)C(=O)N(CCON1C(=O)SC(=O)C1=Cc1ccccc1)CO2. The number of hydrogen-bond donors (Lipinski definition) is 0. The van der Waals surface area contributed by atoms with E-state index in [9.17, 15) is 14.4 Å². The summed E-state index contributed by atoms with van der Waals surface area (Å²) in [5.74, 6) is 0.817. The third-order valence-electron chi connectivity index (χ3n) is 4.54. The van der Waals surface area contributed by atoms with Crippen LogP contribution in [0.4, 0.5) is 4.79 Å². The first-order chi connectivity index (χ1) is 14.6. The Balaban J connectivity index is 1.42. The zero-order valence-corrected chi connectivity index (χ0v) is 16.9. The molecular formula is C21H18N2O6S. The second-order valence-electron chi connectivity index (χ2n) is 6.43. The molecule has 1 saturated heterocycles. The van der Waals surface area contributed by atoms with E-state index in [-0.39, 0.29) is 36.6 Å². The lowest BCUT2D eigenvalue weighted by Gasteiger charge is -2.29. The molecule has 9 heteroatoms. The molecule has 0 unspecified atom stereocenters. The molecule has 2 amide bonds. The molecule has 2 aromatic carbocycles. The van der Waals surface area contributed by atoms with E-state index in [1.54, 1.807) is 24.3 Å². The molecule has 8 nitrogen and oxygen atoms in total. The highest BCUT2D eigenvalue weighted by molar-refractivity contribution is 8.27. The highest BCUT2D eigenvalue weighted by atomic mass is 32.2. The van der Waals surface area contributed by atoms with Crippen LogP contribution in [0.2, 0.25) is 0 Å². The van der Waals surface area contributed by atoms with Gasteiger partial charge in [0.05, 0.1) is 25.8 Å². The quantitative estimate of drug-likeness (QED) is 0.656. The lowest BCUT2D eigenvalue weighted by Crippen LogP contribution is -2.41. The predicted molar refractivity (Wildman–Crippen MR) is 110 cm³/mol. The number of rotatable bonds is 6. The molecule has 0 spiro atoms. The molecule has 0 atom stereocenters. The lowest BCUT2D eigenvalue weighted by molar-refractivity contribution is -0.118. The van der Waals surface area contributed by atoms with E-state index in [0.717, 1.165) is 10.6 Å². The van der Waals surface area contributed by atoms with Crippen LogP contribution in [0.3, 0.4) is 0 Å². The molecule has 2 aliphatic rings. The minimum Gasteiger partial charge on any atom is -0.497 e. The van der Waals surface area contributed by atoms with E-state index < -0.39 is 5.24 Å². The van der Waals surface area contributed by atoms with Crippen LogP contribution in [-0.4, -0.2) is 53.2 Å². The minimum atomic E-state index is -0.515. The Morgan fingerprint density at radius 3 is 2.70 bits per heavy atom. The molecular weight excluding hydrogens is 408 g/mol. The van der Waals surface area contributed by atoms with Crippen molar-refractivity contribution in [2.45, 2.75) is 0 Å². The molecule has 0 saturated carbocycles. The number of carbonyl (C=O) groups excluding carboxylic acids is 3. The van der Waals surface area contributed by atoms with Crippen LogP contribution in [0.25, 0.3) is 6.08 Å². The molecule has 154 valence electrons. The number of thioether (sulfide) groups is 1. The summed E-state index contributed by atoms with van der Waals surface area (Å²) in [4.78, 5) is 44.0. The summed E-state index contributed by atoms with van der Waals surface area (Å²) in [6.45, 7) is 0.257. The maximum absolute atomic E-state index is 12.7. The molecule has 30 heavy (non-hydrogen) atoms. The molecule has 2 aromatic rings. The summed E-state index contributed by atoms with van der Waals surface area (Å²) < 4.78 is 10.8. The van der Waals surface area contributed by atoms with Crippen molar-refractivity contribution in [3.8, 4) is 11.5 Å². The van der Waals surface area contributed by atoms with Crippen molar-refractivity contribution in [1.29, 1.82) is 0 Å². The van der Waals surface area contributed by atoms with Gasteiger partial charge in [-0.05, 0) is 29.8 Å². The Bertz CT molecular complexity index is 1020. The van der Waals surface area contributed by atoms with Crippen LogP contribution < -0.4 is 9.47 Å². The van der Waals surface area contributed by atoms with Gasteiger partial charge in [0, 0.05) is 11.8 Å². The Morgan fingerprint density at radius 1 is 1.13 bits per heavy atom. The van der Waals surface area contributed by atoms with E-state index in [0.29, 0.717) is 28.8 Å². The molecule has 0 aromatic heterocycles. The van der Waals surface area contributed by atoms with Gasteiger partial charge >= 0.3 is 5.24 Å². The van der Waals surface area contributed by atoms with Crippen LogP contribution in [0.1, 0.15) is 15.9 Å². The fraction of sp³-hybridized carbons (Fsp3) is 0.190. The number of carbonyl (C=O) groups is 3. The largest absolute Gasteiger partial charge is 0.497 e. The van der Waals surface area contributed by atoms with Crippen molar-refractivity contribution in [2.24, 2.45) is 0 Å². The average Bonchev–Trinajstić information content (AvgIpc) is 3.03. The maximum Gasteiger partial charge on any atom is 0.318 e. The van der Waals surface area contributed by atoms with E-state index in [4.69, 9.17) is 14.3 Å². The number of nitrogens with zero attached hydrogens (tertiary/aromatic N) is 2. The lowest BCUT2D eigenvalue weighted by atomic mass is 10.1. The molecule has 0 N–H and O–H groups in total. The van der Waals surface area contributed by atoms with Gasteiger partial charge in [0.1, 0.15) is 17.2 Å². The second kappa shape index (κ2) is 8.60. The Kier molecular flexibility index (Phi) is 5.73. The van der Waals surface area contributed by atoms with Gasteiger partial charge in [-0.1, -0.05) is 30.3 Å². The van der Waals surface area contributed by atoms with Gasteiger partial charge in [-0.15, -0.1) is 0 Å². The Morgan fingerprint density at radius 2 is 1.93 bits per heavy atom. The third-order valence-corrected chi connectivity index (χ3v) is 5.27. The summed E-state index contributed by atoms with van der Waals surface area (Å²) in [7, 11) is 1.52. The smallest absolute Gasteiger partial charge is 0.318 e. The fourth-order valence-corrected chi connectivity index (χ4v) is 3.65. The van der Waals surface area contributed by atoms with Gasteiger partial charge in [0.25, 0.3) is 5.91 Å². The van der Waals surface area contributed by atoms with Crippen molar-refractivity contribution in [3.63, 3.8) is 0 Å². The predicted octanol–water partition coefficient (Wildman–Crippen LogP) is 3.16. The van der Waals surface area contributed by atoms with Crippen LogP contribution in [0, 0.1) is 0 Å². The normalized spacial score (nSPS) is 17.4. The van der Waals surface area contributed by atoms with Crippen LogP contribution in [-0.2, 0) is 9.63 Å². The van der Waals surface area contributed by atoms with Gasteiger partial charge < -0.3 is 14.4 Å². The Labute approximate surface area is 176 Å². The first-order valence-corrected chi connectivity index (χ1v) is 9.94. The monoisotopic (exact) mass is 426 g/mol. The second-order valence-corrected chi connectivity index (χ2v) is 7.35. The number of benzene rings is 2. The maximum atomic E-state index is 12.7. The zero-order valence-electron chi connectivity index (χ0n) is 16.1.